The first-order chi connectivity index (χ1) is 33.1. The van der Waals surface area contributed by atoms with E-state index in [-0.39, 0.29) is 43.3 Å². The molecule has 0 unspecified atom stereocenters. The van der Waals surface area contributed by atoms with Crippen LogP contribution in [0.3, 0.4) is 0 Å². The maximum absolute atomic E-state index is 13.6. The number of ether oxygens (including phenoxy) is 3. The molecule has 70 heavy (non-hydrogen) atoms. The van der Waals surface area contributed by atoms with Crippen LogP contribution in [0.15, 0.2) is 78.9 Å². The number of alkyl carbamates (subject to hydrolysis) is 1. The fourth-order valence-electron chi connectivity index (χ4n) is 6.39. The molecule has 23 nitrogen and oxygen atoms in total. The molecule has 2 heterocycles. The quantitative estimate of drug-likeness (QED) is 0.118. The van der Waals surface area contributed by atoms with Crippen molar-refractivity contribution in [3.63, 3.8) is 0 Å². The highest BCUT2D eigenvalue weighted by atomic mass is 32.2. The molecule has 2 aliphatic heterocycles. The van der Waals surface area contributed by atoms with Crippen molar-refractivity contribution in [1.29, 1.82) is 0 Å². The number of carboxylic acids is 1. The van der Waals surface area contributed by atoms with Crippen molar-refractivity contribution in [3.05, 3.63) is 95.6 Å². The largest absolute Gasteiger partial charge is 0.492 e. The van der Waals surface area contributed by atoms with Gasteiger partial charge in [0.1, 0.15) is 55.5 Å². The van der Waals surface area contributed by atoms with Crippen molar-refractivity contribution in [2.24, 2.45) is 0 Å². The predicted molar refractivity (Wildman–Crippen MR) is 249 cm³/mol. The molecule has 0 aliphatic carbocycles. The molecule has 2 aliphatic rings. The fraction of sp³-hybridized carbons (Fsp3) is 0.413. The molecule has 3 aromatic rings. The van der Waals surface area contributed by atoms with E-state index in [9.17, 15) is 51.6 Å². The number of aliphatic carboxylic acids is 1. The van der Waals surface area contributed by atoms with Gasteiger partial charge in [0.15, 0.2) is 0 Å². The number of carbonyl (C=O) groups excluding carboxylic acids is 8. The van der Waals surface area contributed by atoms with Crippen LogP contribution in [0.2, 0.25) is 0 Å². The van der Waals surface area contributed by atoms with Crippen molar-refractivity contribution >= 4 is 63.4 Å². The Hall–Kier alpha value is -7.76. The third-order valence-electron chi connectivity index (χ3n) is 9.73. The van der Waals surface area contributed by atoms with Crippen LogP contribution in [0.1, 0.15) is 50.3 Å². The summed E-state index contributed by atoms with van der Waals surface area (Å²) in [5.41, 5.74) is 1.25. The first kappa shape index (κ1) is 54.8. The molecule has 8 amide bonds. The second-order valence-corrected chi connectivity index (χ2v) is 18.7. The fourth-order valence-corrected chi connectivity index (χ4v) is 7.80. The molecule has 0 aromatic heterocycles. The molecule has 5 rings (SSSR count). The first-order valence-electron chi connectivity index (χ1n) is 22.0. The zero-order chi connectivity index (χ0) is 51.3. The van der Waals surface area contributed by atoms with Crippen LogP contribution >= 0.6 is 0 Å². The Labute approximate surface area is 404 Å². The lowest BCUT2D eigenvalue weighted by Gasteiger charge is -2.23. The van der Waals surface area contributed by atoms with E-state index in [4.69, 9.17) is 19.3 Å². The summed E-state index contributed by atoms with van der Waals surface area (Å²) in [5, 5.41) is 25.9. The van der Waals surface area contributed by atoms with Crippen molar-refractivity contribution in [3.8, 4) is 11.5 Å². The predicted octanol–water partition coefficient (Wildman–Crippen LogP) is -0.574. The zero-order valence-electron chi connectivity index (χ0n) is 38.9. The lowest BCUT2D eigenvalue weighted by Crippen LogP contribution is -2.54. The number of nitrogens with zero attached hydrogens (tertiary/aromatic N) is 1. The maximum atomic E-state index is 13.6. The Morgan fingerprint density at radius 1 is 0.686 bits per heavy atom. The number of sulfonamides is 1. The van der Waals surface area contributed by atoms with Gasteiger partial charge in [-0.2, -0.15) is 0 Å². The molecule has 0 fully saturated rings. The van der Waals surface area contributed by atoms with Gasteiger partial charge in [0, 0.05) is 19.3 Å². The van der Waals surface area contributed by atoms with E-state index >= 15 is 0 Å². The molecule has 0 saturated heterocycles. The van der Waals surface area contributed by atoms with E-state index in [1.54, 1.807) is 78.9 Å². The van der Waals surface area contributed by atoms with Gasteiger partial charge in [-0.3, -0.25) is 38.4 Å². The minimum atomic E-state index is -4.58. The highest BCUT2D eigenvalue weighted by molar-refractivity contribution is 7.89. The van der Waals surface area contributed by atoms with Gasteiger partial charge < -0.3 is 56.5 Å². The molecule has 24 heteroatoms. The lowest BCUT2D eigenvalue weighted by atomic mass is 10.0. The minimum absolute atomic E-state index is 0.0544. The van der Waals surface area contributed by atoms with Crippen LogP contribution in [0.25, 0.3) is 0 Å². The zero-order valence-corrected chi connectivity index (χ0v) is 39.7. The van der Waals surface area contributed by atoms with Gasteiger partial charge in [0.25, 0.3) is 5.91 Å². The van der Waals surface area contributed by atoms with Crippen LogP contribution in [-0.2, 0) is 72.6 Å². The number of hydrogen-bond acceptors (Lipinski definition) is 14. The van der Waals surface area contributed by atoms with Gasteiger partial charge in [-0.05, 0) is 68.1 Å². The summed E-state index contributed by atoms with van der Waals surface area (Å²) >= 11 is 0. The summed E-state index contributed by atoms with van der Waals surface area (Å²) in [5.74, 6) is -7.56. The van der Waals surface area contributed by atoms with Gasteiger partial charge >= 0.3 is 12.1 Å². The topological polar surface area (TPSA) is 323 Å². The average Bonchev–Trinajstić information content (AvgIpc) is 3.30. The second kappa shape index (κ2) is 26.7. The van der Waals surface area contributed by atoms with Gasteiger partial charge in [0.2, 0.25) is 45.5 Å². The molecule has 0 spiro atoms. The van der Waals surface area contributed by atoms with Crippen molar-refractivity contribution < 1.29 is 70.9 Å². The van der Waals surface area contributed by atoms with E-state index in [1.807, 2.05) is 20.8 Å². The van der Waals surface area contributed by atoms with E-state index < -0.39 is 126 Å². The molecule has 378 valence electrons. The van der Waals surface area contributed by atoms with E-state index in [1.165, 1.54) is 0 Å². The second-order valence-electron chi connectivity index (χ2n) is 16.7. The molecular weight excluding hydrogens is 937 g/mol. The Morgan fingerprint density at radius 2 is 1.26 bits per heavy atom. The summed E-state index contributed by atoms with van der Waals surface area (Å²) in [6.45, 7) is 1.20. The van der Waals surface area contributed by atoms with Crippen molar-refractivity contribution in [1.82, 2.24) is 41.5 Å². The molecule has 2 atom stereocenters. The smallest absolute Gasteiger partial charge is 0.407 e. The van der Waals surface area contributed by atoms with E-state index in [0.717, 1.165) is 0 Å². The SMILES string of the molecule is CC(C)(C)Oc1ccc(C[C@@H]2NC(=O)CNC(=O)OCc3ccc(cc3)OCCNC(=O)CN(S(=O)(=O)CCCC(=O)O)C(=O)CNC(=O)CNC(=O)[C@H](Cc3ccccc3)NC(=O)CNC2=O)cc1. The van der Waals surface area contributed by atoms with Gasteiger partial charge in [-0.1, -0.05) is 54.6 Å². The Balaban J connectivity index is 1.54. The molecular formula is C46H58N8O15S. The highest BCUT2D eigenvalue weighted by Gasteiger charge is 2.30. The maximum Gasteiger partial charge on any atom is 0.407 e. The van der Waals surface area contributed by atoms with Crippen LogP contribution in [0, 0.1) is 0 Å². The Kier molecular flexibility index (Phi) is 20.9. The monoisotopic (exact) mass is 994 g/mol. The number of hydrogen-bond donors (Lipinski definition) is 8. The van der Waals surface area contributed by atoms with Crippen LogP contribution in [-0.4, -0.2) is 141 Å². The standard InChI is InChI=1S/C46H58N8O15S/c1-46(2,3)69-34-17-11-31(12-18-34)23-36-44(63)50-25-38(56)52-35(22-30-8-5-4-6-9-30)43(62)49-24-37(55)48-27-41(59)54(70(65,66)21-7-10-42(60)61)28-40(58)47-19-20-67-33-15-13-32(14-16-33)29-68-45(64)51-26-39(57)53-36/h4-6,8-9,11-18,35-36H,7,10,19-29H2,1-3H3,(H,47,58)(H,48,55)(H,49,62)(H,50,63)(H,51,64)(H,52,56)(H,53,57)(H,60,61)/t35-,36-/m0/s1. The highest BCUT2D eigenvalue weighted by Crippen LogP contribution is 2.19. The third kappa shape index (κ3) is 20.2. The summed E-state index contributed by atoms with van der Waals surface area (Å²) in [4.78, 5) is 116. The normalized spacial score (nSPS) is 18.4. The summed E-state index contributed by atoms with van der Waals surface area (Å²) < 4.78 is 43.3. The van der Waals surface area contributed by atoms with E-state index in [2.05, 4.69) is 37.2 Å². The summed E-state index contributed by atoms with van der Waals surface area (Å²) in [6.07, 6.45) is -2.02. The number of carbonyl (C=O) groups is 9. The Bertz CT molecular complexity index is 2430. The number of rotatable bonds is 10. The molecule has 3 aromatic carbocycles. The van der Waals surface area contributed by atoms with Crippen molar-refractivity contribution in [2.45, 2.75) is 70.7 Å². The van der Waals surface area contributed by atoms with E-state index in [0.29, 0.717) is 28.2 Å². The molecule has 8 N–H and O–H groups in total. The van der Waals surface area contributed by atoms with Gasteiger partial charge in [0.05, 0.1) is 31.9 Å². The minimum Gasteiger partial charge on any atom is -0.492 e. The lowest BCUT2D eigenvalue weighted by molar-refractivity contribution is -0.137. The Morgan fingerprint density at radius 3 is 1.84 bits per heavy atom. The van der Waals surface area contributed by atoms with Crippen LogP contribution in [0.5, 0.6) is 11.5 Å². The average molecular weight is 995 g/mol. The summed E-state index contributed by atoms with van der Waals surface area (Å²) in [7, 11) is -4.58. The number of fused-ring (bicyclic) bond motifs is 29. The van der Waals surface area contributed by atoms with Gasteiger partial charge in [-0.25, -0.2) is 17.5 Å². The number of amides is 8. The van der Waals surface area contributed by atoms with Gasteiger partial charge in [-0.15, -0.1) is 0 Å². The summed E-state index contributed by atoms with van der Waals surface area (Å²) in [6, 6.07) is 18.9. The molecule has 0 saturated carbocycles. The number of carboxylic acid groups (broad SMARTS) is 1. The number of benzene rings is 3. The van der Waals surface area contributed by atoms with Crippen LogP contribution < -0.4 is 46.7 Å². The first-order valence-corrected chi connectivity index (χ1v) is 23.6. The third-order valence-corrected chi connectivity index (χ3v) is 11.5. The van der Waals surface area contributed by atoms with Crippen molar-refractivity contribution in [2.75, 3.05) is 51.6 Å². The molecule has 0 radical (unpaired) electrons. The number of nitrogens with one attached hydrogen (secondary N) is 7. The molecule has 2 bridgehead atoms. The van der Waals surface area contributed by atoms with Crippen LogP contribution in [0.4, 0.5) is 4.79 Å².